The van der Waals surface area contributed by atoms with Crippen LogP contribution in [0.3, 0.4) is 0 Å². The summed E-state index contributed by atoms with van der Waals surface area (Å²) in [6, 6.07) is -0.130. The Kier molecular flexibility index (Phi) is 4.55. The number of rotatable bonds is 5. The first-order chi connectivity index (χ1) is 7.11. The van der Waals surface area contributed by atoms with Crippen LogP contribution >= 0.6 is 0 Å². The third-order valence-electron chi connectivity index (χ3n) is 2.57. The summed E-state index contributed by atoms with van der Waals surface area (Å²) in [7, 11) is 1.90. The van der Waals surface area contributed by atoms with Crippen LogP contribution in [0.2, 0.25) is 0 Å². The van der Waals surface area contributed by atoms with E-state index < -0.39 is 5.97 Å². The van der Waals surface area contributed by atoms with E-state index in [1.54, 1.807) is 0 Å². The molecular formula is C10H17NO4. The summed E-state index contributed by atoms with van der Waals surface area (Å²) < 4.78 is 5.00. The molecule has 1 atom stereocenters. The predicted molar refractivity (Wildman–Crippen MR) is 53.5 cm³/mol. The van der Waals surface area contributed by atoms with E-state index in [2.05, 4.69) is 0 Å². The van der Waals surface area contributed by atoms with E-state index >= 15 is 0 Å². The Hall–Kier alpha value is -1.10. The highest BCUT2D eigenvalue weighted by Crippen LogP contribution is 2.15. The van der Waals surface area contributed by atoms with Crippen molar-refractivity contribution in [2.24, 2.45) is 0 Å². The lowest BCUT2D eigenvalue weighted by molar-refractivity contribution is -0.149. The average molecular weight is 215 g/mol. The van der Waals surface area contributed by atoms with E-state index in [1.807, 2.05) is 11.9 Å². The molecule has 0 aliphatic carbocycles. The number of carbonyl (C=O) groups excluding carboxylic acids is 1. The van der Waals surface area contributed by atoms with E-state index in [0.717, 1.165) is 19.4 Å². The molecule has 0 aromatic carbocycles. The molecule has 15 heavy (non-hydrogen) atoms. The zero-order valence-corrected chi connectivity index (χ0v) is 8.94. The van der Waals surface area contributed by atoms with Crippen LogP contribution in [0.15, 0.2) is 0 Å². The summed E-state index contributed by atoms with van der Waals surface area (Å²) in [5.41, 5.74) is 0. The largest absolute Gasteiger partial charge is 0.481 e. The topological polar surface area (TPSA) is 66.8 Å². The van der Waals surface area contributed by atoms with Crippen LogP contribution in [0.5, 0.6) is 0 Å². The maximum atomic E-state index is 11.5. The Labute approximate surface area is 89.0 Å². The van der Waals surface area contributed by atoms with E-state index in [1.165, 1.54) is 0 Å². The smallest absolute Gasteiger partial charge is 0.323 e. The summed E-state index contributed by atoms with van der Waals surface area (Å²) in [6.07, 6.45) is 2.30. The number of carboxylic acids is 1. The first kappa shape index (κ1) is 12.0. The lowest BCUT2D eigenvalue weighted by atomic mass is 10.2. The van der Waals surface area contributed by atoms with Gasteiger partial charge in [0.25, 0.3) is 0 Å². The van der Waals surface area contributed by atoms with E-state index in [4.69, 9.17) is 9.84 Å². The molecule has 0 saturated carbocycles. The summed E-state index contributed by atoms with van der Waals surface area (Å²) in [6.45, 7) is 1.13. The van der Waals surface area contributed by atoms with Crippen LogP contribution < -0.4 is 0 Å². The van der Waals surface area contributed by atoms with Gasteiger partial charge < -0.3 is 9.84 Å². The molecule has 0 aromatic rings. The van der Waals surface area contributed by atoms with Gasteiger partial charge in [-0.15, -0.1) is 0 Å². The van der Waals surface area contributed by atoms with Crippen molar-refractivity contribution in [3.8, 4) is 0 Å². The van der Waals surface area contributed by atoms with Crippen molar-refractivity contribution >= 4 is 11.9 Å². The monoisotopic (exact) mass is 215 g/mol. The highest BCUT2D eigenvalue weighted by atomic mass is 16.5. The van der Waals surface area contributed by atoms with Crippen molar-refractivity contribution in [2.45, 2.75) is 31.7 Å². The Balaban J connectivity index is 2.15. The number of ether oxygens (including phenoxy) is 1. The van der Waals surface area contributed by atoms with Gasteiger partial charge in [-0.25, -0.2) is 0 Å². The van der Waals surface area contributed by atoms with Crippen LogP contribution in [-0.4, -0.2) is 48.2 Å². The maximum Gasteiger partial charge on any atom is 0.323 e. The molecule has 0 aromatic heterocycles. The molecule has 0 bridgehead atoms. The minimum atomic E-state index is -0.857. The summed E-state index contributed by atoms with van der Waals surface area (Å²) in [4.78, 5) is 23.7. The average Bonchev–Trinajstić information content (AvgIpc) is 2.58. The number of esters is 1. The first-order valence-corrected chi connectivity index (χ1v) is 5.20. The number of likely N-dealkylation sites (N-methyl/N-ethyl adjacent to an activating group) is 1. The van der Waals surface area contributed by atoms with Gasteiger partial charge in [-0.2, -0.15) is 0 Å². The molecule has 1 heterocycles. The normalized spacial score (nSPS) is 21.5. The lowest BCUT2D eigenvalue weighted by Gasteiger charge is -2.17. The second-order valence-electron chi connectivity index (χ2n) is 3.80. The van der Waals surface area contributed by atoms with Gasteiger partial charge in [0.05, 0.1) is 6.61 Å². The third kappa shape index (κ3) is 3.87. The molecule has 0 amide bonds. The molecule has 1 aliphatic rings. The molecule has 1 N–H and O–H groups in total. The van der Waals surface area contributed by atoms with Crippen molar-refractivity contribution in [1.29, 1.82) is 0 Å². The molecule has 1 saturated heterocycles. The summed E-state index contributed by atoms with van der Waals surface area (Å²) in [5, 5.41) is 8.38. The predicted octanol–water partition coefficient (Wildman–Crippen LogP) is 0.489. The fourth-order valence-electron chi connectivity index (χ4n) is 1.70. The van der Waals surface area contributed by atoms with Crippen molar-refractivity contribution < 1.29 is 19.4 Å². The standard InChI is InChI=1S/C10H17NO4/c1-11-6-2-4-8(11)10(14)15-7-3-5-9(12)13/h8H,2-7H2,1H3,(H,12,13). The Bertz CT molecular complexity index is 242. The van der Waals surface area contributed by atoms with Gasteiger partial charge in [0, 0.05) is 6.42 Å². The second kappa shape index (κ2) is 5.70. The summed E-state index contributed by atoms with van der Waals surface area (Å²) in [5.74, 6) is -1.08. The van der Waals surface area contributed by atoms with Gasteiger partial charge in [-0.3, -0.25) is 14.5 Å². The van der Waals surface area contributed by atoms with Gasteiger partial charge in [-0.05, 0) is 32.9 Å². The van der Waals surface area contributed by atoms with Crippen molar-refractivity contribution in [3.05, 3.63) is 0 Å². The minimum absolute atomic E-state index is 0.0494. The van der Waals surface area contributed by atoms with E-state index in [-0.39, 0.29) is 25.0 Å². The van der Waals surface area contributed by atoms with Crippen molar-refractivity contribution in [1.82, 2.24) is 4.90 Å². The maximum absolute atomic E-state index is 11.5. The first-order valence-electron chi connectivity index (χ1n) is 5.20. The quantitative estimate of drug-likeness (QED) is 0.534. The fraction of sp³-hybridized carbons (Fsp3) is 0.800. The van der Waals surface area contributed by atoms with Gasteiger partial charge in [0.1, 0.15) is 6.04 Å². The van der Waals surface area contributed by atoms with Gasteiger partial charge in [0.2, 0.25) is 0 Å². The molecule has 1 fully saturated rings. The SMILES string of the molecule is CN1CCCC1C(=O)OCCCC(=O)O. The highest BCUT2D eigenvalue weighted by molar-refractivity contribution is 5.76. The van der Waals surface area contributed by atoms with Crippen LogP contribution in [0.1, 0.15) is 25.7 Å². The van der Waals surface area contributed by atoms with Crippen LogP contribution in [-0.2, 0) is 14.3 Å². The van der Waals surface area contributed by atoms with Crippen LogP contribution in [0, 0.1) is 0 Å². The molecule has 1 unspecified atom stereocenters. The second-order valence-corrected chi connectivity index (χ2v) is 3.80. The number of hydrogen-bond acceptors (Lipinski definition) is 4. The summed E-state index contributed by atoms with van der Waals surface area (Å²) >= 11 is 0. The third-order valence-corrected chi connectivity index (χ3v) is 2.57. The zero-order chi connectivity index (χ0) is 11.3. The number of nitrogens with zero attached hydrogens (tertiary/aromatic N) is 1. The lowest BCUT2D eigenvalue weighted by Crippen LogP contribution is -2.34. The molecule has 1 rings (SSSR count). The molecule has 0 radical (unpaired) electrons. The molecule has 1 aliphatic heterocycles. The van der Waals surface area contributed by atoms with Crippen molar-refractivity contribution in [3.63, 3.8) is 0 Å². The molecule has 0 spiro atoms. The molecular weight excluding hydrogens is 198 g/mol. The number of aliphatic carboxylic acids is 1. The fourth-order valence-corrected chi connectivity index (χ4v) is 1.70. The Morgan fingerprint density at radius 3 is 2.80 bits per heavy atom. The molecule has 5 nitrogen and oxygen atoms in total. The van der Waals surface area contributed by atoms with Gasteiger partial charge >= 0.3 is 11.9 Å². The van der Waals surface area contributed by atoms with Crippen LogP contribution in [0.25, 0.3) is 0 Å². The van der Waals surface area contributed by atoms with Crippen molar-refractivity contribution in [2.75, 3.05) is 20.2 Å². The van der Waals surface area contributed by atoms with Crippen LogP contribution in [0.4, 0.5) is 0 Å². The minimum Gasteiger partial charge on any atom is -0.481 e. The zero-order valence-electron chi connectivity index (χ0n) is 8.94. The number of carbonyl (C=O) groups is 2. The Morgan fingerprint density at radius 1 is 1.53 bits per heavy atom. The molecule has 86 valence electrons. The molecule has 5 heteroatoms. The number of carboxylic acid groups (broad SMARTS) is 1. The number of hydrogen-bond donors (Lipinski definition) is 1. The van der Waals surface area contributed by atoms with E-state index in [0.29, 0.717) is 6.42 Å². The Morgan fingerprint density at radius 2 is 2.27 bits per heavy atom. The van der Waals surface area contributed by atoms with E-state index in [9.17, 15) is 9.59 Å². The van der Waals surface area contributed by atoms with Gasteiger partial charge in [-0.1, -0.05) is 0 Å². The highest BCUT2D eigenvalue weighted by Gasteiger charge is 2.28. The van der Waals surface area contributed by atoms with Gasteiger partial charge in [0.15, 0.2) is 0 Å². The number of likely N-dealkylation sites (tertiary alicyclic amines) is 1.